The molecule has 6 heteroatoms. The highest BCUT2D eigenvalue weighted by atomic mass is 35.5. The number of aromatic amines is 1. The molecular weight excluding hydrogens is 387 g/mol. The molecule has 130 valence electrons. The molecule has 0 aliphatic heterocycles. The fourth-order valence-electron chi connectivity index (χ4n) is 3.05. The number of hydrogen-bond acceptors (Lipinski definition) is 3. The SMILES string of the molecule is Cc1sc2nc(Cc3ccc(Cl)cc3Cl)[nH]c(=O)c2c1-c1ccccc1. The zero-order chi connectivity index (χ0) is 18.3. The predicted octanol–water partition coefficient (Wildman–Crippen LogP) is 5.86. The van der Waals surface area contributed by atoms with Crippen LogP contribution in [0.1, 0.15) is 16.3 Å². The summed E-state index contributed by atoms with van der Waals surface area (Å²) in [6.45, 7) is 2.02. The Bertz CT molecular complexity index is 1170. The number of aryl methyl sites for hydroxylation is 1. The molecule has 0 saturated carbocycles. The van der Waals surface area contributed by atoms with E-state index in [9.17, 15) is 4.79 Å². The molecule has 4 aromatic rings. The van der Waals surface area contributed by atoms with Crippen LogP contribution in [0, 0.1) is 6.92 Å². The second-order valence-corrected chi connectivity index (χ2v) is 8.05. The van der Waals surface area contributed by atoms with Gasteiger partial charge in [0.1, 0.15) is 10.7 Å². The van der Waals surface area contributed by atoms with Gasteiger partial charge in [0, 0.05) is 26.9 Å². The van der Waals surface area contributed by atoms with Crippen LogP contribution in [-0.2, 0) is 6.42 Å². The molecule has 4 rings (SSSR count). The van der Waals surface area contributed by atoms with Crippen molar-refractivity contribution in [1.29, 1.82) is 0 Å². The number of fused-ring (bicyclic) bond motifs is 1. The third-order valence-electron chi connectivity index (χ3n) is 4.22. The summed E-state index contributed by atoms with van der Waals surface area (Å²) in [5, 5.41) is 1.79. The van der Waals surface area contributed by atoms with Gasteiger partial charge in [-0.15, -0.1) is 11.3 Å². The highest BCUT2D eigenvalue weighted by molar-refractivity contribution is 7.19. The highest BCUT2D eigenvalue weighted by Gasteiger charge is 2.17. The van der Waals surface area contributed by atoms with Crippen LogP contribution < -0.4 is 5.56 Å². The van der Waals surface area contributed by atoms with Gasteiger partial charge in [0.15, 0.2) is 0 Å². The summed E-state index contributed by atoms with van der Waals surface area (Å²) < 4.78 is 0. The van der Waals surface area contributed by atoms with Crippen LogP contribution in [0.25, 0.3) is 21.3 Å². The van der Waals surface area contributed by atoms with Gasteiger partial charge in [0.05, 0.1) is 5.39 Å². The average molecular weight is 401 g/mol. The number of H-pyrrole nitrogens is 1. The van der Waals surface area contributed by atoms with E-state index < -0.39 is 0 Å². The molecule has 0 aliphatic carbocycles. The Morgan fingerprint density at radius 3 is 2.62 bits per heavy atom. The first-order valence-electron chi connectivity index (χ1n) is 8.04. The lowest BCUT2D eigenvalue weighted by molar-refractivity contribution is 0.977. The number of aromatic nitrogens is 2. The molecule has 0 radical (unpaired) electrons. The summed E-state index contributed by atoms with van der Waals surface area (Å²) in [5.41, 5.74) is 2.72. The number of halogens is 2. The molecule has 2 aromatic heterocycles. The Morgan fingerprint density at radius 1 is 1.12 bits per heavy atom. The molecule has 2 heterocycles. The number of hydrogen-bond donors (Lipinski definition) is 1. The van der Waals surface area contributed by atoms with Crippen LogP contribution in [0.2, 0.25) is 10.0 Å². The molecule has 0 fully saturated rings. The minimum Gasteiger partial charge on any atom is -0.310 e. The minimum absolute atomic E-state index is 0.127. The smallest absolute Gasteiger partial charge is 0.260 e. The minimum atomic E-state index is -0.127. The van der Waals surface area contributed by atoms with Gasteiger partial charge in [-0.25, -0.2) is 4.98 Å². The van der Waals surface area contributed by atoms with Gasteiger partial charge >= 0.3 is 0 Å². The number of nitrogens with one attached hydrogen (secondary N) is 1. The number of benzene rings is 2. The molecule has 0 saturated heterocycles. The monoisotopic (exact) mass is 400 g/mol. The highest BCUT2D eigenvalue weighted by Crippen LogP contribution is 2.35. The van der Waals surface area contributed by atoms with E-state index in [1.54, 1.807) is 12.1 Å². The van der Waals surface area contributed by atoms with E-state index in [1.807, 2.05) is 43.3 Å². The molecule has 0 amide bonds. The molecule has 0 unspecified atom stereocenters. The molecule has 1 N–H and O–H groups in total. The molecule has 0 aliphatic rings. The van der Waals surface area contributed by atoms with Crippen molar-refractivity contribution in [2.75, 3.05) is 0 Å². The molecule has 2 aromatic carbocycles. The van der Waals surface area contributed by atoms with Crippen molar-refractivity contribution >= 4 is 44.8 Å². The number of nitrogens with zero attached hydrogens (tertiary/aromatic N) is 1. The van der Waals surface area contributed by atoms with Gasteiger partial charge in [0.2, 0.25) is 0 Å². The van der Waals surface area contributed by atoms with E-state index in [2.05, 4.69) is 9.97 Å². The van der Waals surface area contributed by atoms with Crippen molar-refractivity contribution < 1.29 is 0 Å². The maximum absolute atomic E-state index is 12.8. The van der Waals surface area contributed by atoms with Crippen LogP contribution in [-0.4, -0.2) is 9.97 Å². The van der Waals surface area contributed by atoms with Crippen LogP contribution in [0.15, 0.2) is 53.3 Å². The summed E-state index contributed by atoms with van der Waals surface area (Å²) in [4.78, 5) is 22.2. The van der Waals surface area contributed by atoms with Crippen LogP contribution in [0.4, 0.5) is 0 Å². The topological polar surface area (TPSA) is 45.8 Å². The fraction of sp³-hybridized carbons (Fsp3) is 0.100. The van der Waals surface area contributed by atoms with Crippen LogP contribution >= 0.6 is 34.5 Å². The Hall–Kier alpha value is -2.14. The van der Waals surface area contributed by atoms with Crippen molar-refractivity contribution in [2.45, 2.75) is 13.3 Å². The summed E-state index contributed by atoms with van der Waals surface area (Å²) in [7, 11) is 0. The lowest BCUT2D eigenvalue weighted by atomic mass is 10.0. The first kappa shape index (κ1) is 17.3. The summed E-state index contributed by atoms with van der Waals surface area (Å²) in [6.07, 6.45) is 0.443. The Balaban J connectivity index is 1.82. The lowest BCUT2D eigenvalue weighted by Gasteiger charge is -2.05. The van der Waals surface area contributed by atoms with E-state index in [0.717, 1.165) is 26.4 Å². The van der Waals surface area contributed by atoms with Crippen molar-refractivity contribution in [3.05, 3.63) is 85.2 Å². The maximum atomic E-state index is 12.8. The van der Waals surface area contributed by atoms with E-state index in [4.69, 9.17) is 23.2 Å². The second-order valence-electron chi connectivity index (χ2n) is 6.00. The first-order valence-corrected chi connectivity index (χ1v) is 9.62. The first-order chi connectivity index (χ1) is 12.5. The van der Waals surface area contributed by atoms with Gasteiger partial charge in [-0.05, 0) is 30.2 Å². The summed E-state index contributed by atoms with van der Waals surface area (Å²) in [5.74, 6) is 0.590. The zero-order valence-electron chi connectivity index (χ0n) is 13.8. The van der Waals surface area contributed by atoms with Gasteiger partial charge in [-0.1, -0.05) is 59.6 Å². The van der Waals surface area contributed by atoms with Gasteiger partial charge in [-0.2, -0.15) is 0 Å². The molecule has 0 spiro atoms. The normalized spacial score (nSPS) is 11.2. The fourth-order valence-corrected chi connectivity index (χ4v) is 4.59. The van der Waals surface area contributed by atoms with Crippen molar-refractivity contribution in [2.24, 2.45) is 0 Å². The van der Waals surface area contributed by atoms with Crippen molar-refractivity contribution in [3.63, 3.8) is 0 Å². The Morgan fingerprint density at radius 2 is 1.88 bits per heavy atom. The van der Waals surface area contributed by atoms with Gasteiger partial charge < -0.3 is 4.98 Å². The van der Waals surface area contributed by atoms with Gasteiger partial charge in [0.25, 0.3) is 5.56 Å². The van der Waals surface area contributed by atoms with Crippen molar-refractivity contribution in [1.82, 2.24) is 9.97 Å². The molecule has 3 nitrogen and oxygen atoms in total. The predicted molar refractivity (Wildman–Crippen MR) is 110 cm³/mol. The number of thiophene rings is 1. The van der Waals surface area contributed by atoms with Crippen LogP contribution in [0.3, 0.4) is 0 Å². The molecule has 0 bridgehead atoms. The lowest BCUT2D eigenvalue weighted by Crippen LogP contribution is -2.12. The van der Waals surface area contributed by atoms with Crippen molar-refractivity contribution in [3.8, 4) is 11.1 Å². The van der Waals surface area contributed by atoms with E-state index in [0.29, 0.717) is 27.7 Å². The quantitative estimate of drug-likeness (QED) is 0.468. The number of rotatable bonds is 3. The summed E-state index contributed by atoms with van der Waals surface area (Å²) >= 11 is 13.7. The van der Waals surface area contributed by atoms with E-state index >= 15 is 0 Å². The van der Waals surface area contributed by atoms with Gasteiger partial charge in [-0.3, -0.25) is 4.79 Å². The standard InChI is InChI=1S/C20H14Cl2N2OS/c1-11-17(12-5-3-2-4-6-12)18-19(25)23-16(24-20(18)26-11)9-13-7-8-14(21)10-15(13)22/h2-8,10H,9H2,1H3,(H,23,24,25). The molecular formula is C20H14Cl2N2OS. The molecule has 0 atom stereocenters. The zero-order valence-corrected chi connectivity index (χ0v) is 16.2. The average Bonchev–Trinajstić information content (AvgIpc) is 2.94. The second kappa shape index (κ2) is 6.88. The third-order valence-corrected chi connectivity index (χ3v) is 5.81. The Kier molecular flexibility index (Phi) is 4.57. The largest absolute Gasteiger partial charge is 0.310 e. The summed E-state index contributed by atoms with van der Waals surface area (Å²) in [6, 6.07) is 15.2. The van der Waals surface area contributed by atoms with Crippen LogP contribution in [0.5, 0.6) is 0 Å². The van der Waals surface area contributed by atoms with E-state index in [-0.39, 0.29) is 5.56 Å². The molecule has 26 heavy (non-hydrogen) atoms. The maximum Gasteiger partial charge on any atom is 0.260 e. The Labute approximate surface area is 164 Å². The van der Waals surface area contributed by atoms with E-state index in [1.165, 1.54) is 11.3 Å². The third kappa shape index (κ3) is 3.16.